The molecule has 2 saturated heterocycles. The van der Waals surface area contributed by atoms with Gasteiger partial charge in [-0.3, -0.25) is 14.5 Å². The normalized spacial score (nSPS) is 26.9. The summed E-state index contributed by atoms with van der Waals surface area (Å²) in [5.41, 5.74) is 5.40. The number of fused-ring (bicyclic) bond motifs is 4. The van der Waals surface area contributed by atoms with Crippen LogP contribution in [0.1, 0.15) is 48.1 Å². The van der Waals surface area contributed by atoms with E-state index in [9.17, 15) is 9.59 Å². The van der Waals surface area contributed by atoms with E-state index in [0.717, 1.165) is 42.0 Å². The Bertz CT molecular complexity index is 1060. The van der Waals surface area contributed by atoms with Crippen LogP contribution in [0.4, 0.5) is 5.69 Å². The number of amides is 2. The van der Waals surface area contributed by atoms with Crippen LogP contribution >= 0.6 is 0 Å². The molecule has 6 heteroatoms. The molecular weight excluding hydrogens is 402 g/mol. The fourth-order valence-electron chi connectivity index (χ4n) is 6.02. The second-order valence-electron chi connectivity index (χ2n) is 9.34. The van der Waals surface area contributed by atoms with Gasteiger partial charge in [0.05, 0.1) is 25.2 Å². The number of carbonyl (C=O) groups excluding carboxylic acids is 2. The summed E-state index contributed by atoms with van der Waals surface area (Å²) >= 11 is 0. The van der Waals surface area contributed by atoms with Gasteiger partial charge in [0, 0.05) is 18.3 Å². The number of para-hydroxylation sites is 1. The summed E-state index contributed by atoms with van der Waals surface area (Å²) in [5.74, 6) is 0.998. The summed E-state index contributed by atoms with van der Waals surface area (Å²) in [7, 11) is 1.68. The van der Waals surface area contributed by atoms with E-state index in [1.165, 1.54) is 11.1 Å². The standard InChI is InChI=1S/C26H31N3O3/c1-15-6-5-7-16(2)23(15)27-25(30)21-10-11-22-26(31)28-13-12-18-14-19(32-4)8-9-20(18)24(28)17(3)29(21)22/h5-9,14,17,21-22,24H,10-13H2,1-4H3,(H,27,30). The Labute approximate surface area is 189 Å². The summed E-state index contributed by atoms with van der Waals surface area (Å²) < 4.78 is 5.41. The second-order valence-corrected chi connectivity index (χ2v) is 9.34. The van der Waals surface area contributed by atoms with Gasteiger partial charge in [0.25, 0.3) is 0 Å². The first-order valence-electron chi connectivity index (χ1n) is 11.5. The molecule has 2 fully saturated rings. The lowest BCUT2D eigenvalue weighted by atomic mass is 9.85. The molecule has 3 aliphatic rings. The molecule has 0 spiro atoms. The Morgan fingerprint density at radius 3 is 2.59 bits per heavy atom. The number of piperazine rings is 1. The minimum atomic E-state index is -0.302. The van der Waals surface area contributed by atoms with Gasteiger partial charge >= 0.3 is 0 Å². The monoisotopic (exact) mass is 433 g/mol. The summed E-state index contributed by atoms with van der Waals surface area (Å²) in [6.07, 6.45) is 2.27. The van der Waals surface area contributed by atoms with Gasteiger partial charge in [-0.05, 0) is 74.4 Å². The highest BCUT2D eigenvalue weighted by molar-refractivity contribution is 5.97. The van der Waals surface area contributed by atoms with Crippen molar-refractivity contribution >= 4 is 17.5 Å². The largest absolute Gasteiger partial charge is 0.497 e. The molecule has 0 radical (unpaired) electrons. The van der Waals surface area contributed by atoms with Crippen LogP contribution in [0.5, 0.6) is 5.75 Å². The zero-order chi connectivity index (χ0) is 22.6. The first-order chi connectivity index (χ1) is 15.4. The SMILES string of the molecule is COc1ccc2c(c1)CCN1C(=O)C3CCC(C(=O)Nc4c(C)cccc4C)N3C(C)C21. The Balaban J connectivity index is 1.46. The molecule has 5 rings (SSSR count). The first kappa shape index (κ1) is 21.0. The summed E-state index contributed by atoms with van der Waals surface area (Å²) in [5, 5.41) is 3.17. The van der Waals surface area contributed by atoms with Crippen LogP contribution in [0.2, 0.25) is 0 Å². The van der Waals surface area contributed by atoms with E-state index in [0.29, 0.717) is 6.42 Å². The van der Waals surface area contributed by atoms with Crippen molar-refractivity contribution < 1.29 is 14.3 Å². The van der Waals surface area contributed by atoms with E-state index in [2.05, 4.69) is 29.3 Å². The first-order valence-corrected chi connectivity index (χ1v) is 11.5. The lowest BCUT2D eigenvalue weighted by molar-refractivity contribution is -0.151. The van der Waals surface area contributed by atoms with Crippen molar-refractivity contribution in [3.63, 3.8) is 0 Å². The number of hydrogen-bond donors (Lipinski definition) is 1. The molecule has 1 N–H and O–H groups in total. The summed E-state index contributed by atoms with van der Waals surface area (Å²) in [6.45, 7) is 6.91. The van der Waals surface area contributed by atoms with E-state index in [1.807, 2.05) is 43.0 Å². The van der Waals surface area contributed by atoms with E-state index in [-0.39, 0.29) is 36.0 Å². The quantitative estimate of drug-likeness (QED) is 0.803. The predicted octanol–water partition coefficient (Wildman–Crippen LogP) is 3.61. The number of ether oxygens (including phenoxy) is 1. The Morgan fingerprint density at radius 2 is 1.88 bits per heavy atom. The lowest BCUT2D eigenvalue weighted by Crippen LogP contribution is -2.64. The van der Waals surface area contributed by atoms with Gasteiger partial charge in [0.2, 0.25) is 11.8 Å². The molecule has 3 aliphatic heterocycles. The summed E-state index contributed by atoms with van der Waals surface area (Å²) in [4.78, 5) is 31.1. The number of hydrogen-bond acceptors (Lipinski definition) is 4. The van der Waals surface area contributed by atoms with E-state index in [4.69, 9.17) is 4.74 Å². The maximum Gasteiger partial charge on any atom is 0.241 e. The Hall–Kier alpha value is -2.86. The average Bonchev–Trinajstić information content (AvgIpc) is 3.25. The van der Waals surface area contributed by atoms with Gasteiger partial charge in [0.15, 0.2) is 0 Å². The minimum absolute atomic E-state index is 0.0104. The lowest BCUT2D eigenvalue weighted by Gasteiger charge is -2.51. The highest BCUT2D eigenvalue weighted by Gasteiger charge is 2.53. The third-order valence-corrected chi connectivity index (χ3v) is 7.59. The van der Waals surface area contributed by atoms with Gasteiger partial charge in [-0.25, -0.2) is 0 Å². The number of nitrogens with one attached hydrogen (secondary N) is 1. The van der Waals surface area contributed by atoms with Crippen LogP contribution in [0.3, 0.4) is 0 Å². The molecular formula is C26H31N3O3. The fraction of sp³-hybridized carbons (Fsp3) is 0.462. The van der Waals surface area contributed by atoms with Crippen LogP contribution in [0.25, 0.3) is 0 Å². The molecule has 3 heterocycles. The topological polar surface area (TPSA) is 61.9 Å². The zero-order valence-electron chi connectivity index (χ0n) is 19.2. The zero-order valence-corrected chi connectivity index (χ0v) is 19.2. The molecule has 32 heavy (non-hydrogen) atoms. The number of benzene rings is 2. The van der Waals surface area contributed by atoms with Gasteiger partial charge in [-0.2, -0.15) is 0 Å². The van der Waals surface area contributed by atoms with E-state index < -0.39 is 0 Å². The average molecular weight is 434 g/mol. The van der Waals surface area contributed by atoms with Gasteiger partial charge in [-0.1, -0.05) is 24.3 Å². The second kappa shape index (κ2) is 7.93. The molecule has 4 atom stereocenters. The molecule has 2 amide bonds. The van der Waals surface area contributed by atoms with Crippen molar-refractivity contribution in [1.29, 1.82) is 0 Å². The van der Waals surface area contributed by atoms with Crippen LogP contribution in [0.15, 0.2) is 36.4 Å². The van der Waals surface area contributed by atoms with Crippen molar-refractivity contribution in [3.05, 3.63) is 58.7 Å². The molecule has 0 bridgehead atoms. The van der Waals surface area contributed by atoms with Crippen LogP contribution in [-0.4, -0.2) is 53.4 Å². The summed E-state index contributed by atoms with van der Waals surface area (Å²) in [6, 6.07) is 11.7. The number of aryl methyl sites for hydroxylation is 2. The number of rotatable bonds is 3. The maximum absolute atomic E-state index is 13.5. The molecule has 4 unspecified atom stereocenters. The van der Waals surface area contributed by atoms with Crippen molar-refractivity contribution in [2.75, 3.05) is 19.0 Å². The van der Waals surface area contributed by atoms with Gasteiger partial charge < -0.3 is 15.0 Å². The molecule has 0 aliphatic carbocycles. The van der Waals surface area contributed by atoms with Crippen LogP contribution in [0, 0.1) is 13.8 Å². The fourth-order valence-corrected chi connectivity index (χ4v) is 6.02. The van der Waals surface area contributed by atoms with Gasteiger partial charge in [-0.15, -0.1) is 0 Å². The van der Waals surface area contributed by atoms with Crippen LogP contribution in [-0.2, 0) is 16.0 Å². The Morgan fingerprint density at radius 1 is 1.12 bits per heavy atom. The minimum Gasteiger partial charge on any atom is -0.497 e. The molecule has 6 nitrogen and oxygen atoms in total. The molecule has 2 aromatic rings. The number of methoxy groups -OCH3 is 1. The van der Waals surface area contributed by atoms with Crippen molar-refractivity contribution in [3.8, 4) is 5.75 Å². The molecule has 2 aromatic carbocycles. The van der Waals surface area contributed by atoms with Crippen molar-refractivity contribution in [2.45, 2.75) is 64.2 Å². The number of anilines is 1. The highest BCUT2D eigenvalue weighted by Crippen LogP contribution is 2.44. The Kier molecular flexibility index (Phi) is 5.20. The third kappa shape index (κ3) is 3.20. The number of nitrogens with zero attached hydrogens (tertiary/aromatic N) is 2. The molecule has 0 aromatic heterocycles. The maximum atomic E-state index is 13.5. The van der Waals surface area contributed by atoms with Crippen molar-refractivity contribution in [2.24, 2.45) is 0 Å². The number of carbonyl (C=O) groups is 2. The van der Waals surface area contributed by atoms with E-state index >= 15 is 0 Å². The van der Waals surface area contributed by atoms with Gasteiger partial charge in [0.1, 0.15) is 5.75 Å². The smallest absolute Gasteiger partial charge is 0.241 e. The van der Waals surface area contributed by atoms with E-state index in [1.54, 1.807) is 7.11 Å². The molecule has 168 valence electrons. The highest BCUT2D eigenvalue weighted by atomic mass is 16.5. The van der Waals surface area contributed by atoms with Crippen LogP contribution < -0.4 is 10.1 Å². The predicted molar refractivity (Wildman–Crippen MR) is 124 cm³/mol. The third-order valence-electron chi connectivity index (χ3n) is 7.59. The van der Waals surface area contributed by atoms with Crippen molar-refractivity contribution in [1.82, 2.24) is 9.80 Å². The molecule has 0 saturated carbocycles.